The van der Waals surface area contributed by atoms with Crippen LogP contribution in [0.5, 0.6) is 11.5 Å². The summed E-state index contributed by atoms with van der Waals surface area (Å²) in [4.78, 5) is 7.33. The van der Waals surface area contributed by atoms with Crippen LogP contribution in [0.1, 0.15) is 39.7 Å². The number of nitrogens with zero attached hydrogens (tertiary/aromatic N) is 2. The number of benzene rings is 1. The molecule has 0 aromatic heterocycles. The molecule has 2 atom stereocenters. The summed E-state index contributed by atoms with van der Waals surface area (Å²) in [6, 6.07) is 7.12. The average Bonchev–Trinajstić information content (AvgIpc) is 2.87. The van der Waals surface area contributed by atoms with Crippen LogP contribution in [0.15, 0.2) is 23.2 Å². The number of hydrogen-bond donors (Lipinski definition) is 2. The maximum atomic E-state index is 5.79. The summed E-state index contributed by atoms with van der Waals surface area (Å²) in [6.07, 6.45) is 0.920. The number of rotatable bonds is 5. The molecule has 7 heteroatoms. The van der Waals surface area contributed by atoms with Crippen LogP contribution < -0.4 is 20.1 Å². The van der Waals surface area contributed by atoms with E-state index in [2.05, 4.69) is 49.3 Å². The molecule has 2 aliphatic rings. The van der Waals surface area contributed by atoms with Crippen LogP contribution >= 0.6 is 24.0 Å². The minimum Gasteiger partial charge on any atom is -0.490 e. The summed E-state index contributed by atoms with van der Waals surface area (Å²) in [6.45, 7) is 14.0. The van der Waals surface area contributed by atoms with Gasteiger partial charge in [0.2, 0.25) is 0 Å². The Bertz CT molecular complexity index is 653. The van der Waals surface area contributed by atoms with Crippen molar-refractivity contribution >= 4 is 29.9 Å². The third-order valence-corrected chi connectivity index (χ3v) is 5.27. The van der Waals surface area contributed by atoms with Gasteiger partial charge >= 0.3 is 0 Å². The lowest BCUT2D eigenvalue weighted by atomic mass is 10.1. The first-order valence-electron chi connectivity index (χ1n) is 10.2. The Hall–Kier alpha value is -1.22. The average molecular weight is 502 g/mol. The van der Waals surface area contributed by atoms with E-state index >= 15 is 0 Å². The van der Waals surface area contributed by atoms with Gasteiger partial charge in [-0.25, -0.2) is 4.99 Å². The highest BCUT2D eigenvalue weighted by Gasteiger charge is 2.31. The minimum absolute atomic E-state index is 0. The molecule has 3 rings (SSSR count). The fourth-order valence-electron chi connectivity index (χ4n) is 3.59. The Morgan fingerprint density at radius 3 is 2.64 bits per heavy atom. The molecule has 0 aliphatic carbocycles. The van der Waals surface area contributed by atoms with E-state index in [-0.39, 0.29) is 24.0 Å². The van der Waals surface area contributed by atoms with Crippen LogP contribution in [0.25, 0.3) is 0 Å². The molecular formula is C21H35IN4O2. The normalized spacial score (nSPS) is 22.5. The van der Waals surface area contributed by atoms with Crippen LogP contribution in [-0.2, 0) is 6.54 Å². The number of fused-ring (bicyclic) bond motifs is 1. The first kappa shape index (κ1) is 23.1. The van der Waals surface area contributed by atoms with Crippen molar-refractivity contribution in [3.8, 4) is 11.5 Å². The van der Waals surface area contributed by atoms with E-state index in [9.17, 15) is 0 Å². The summed E-state index contributed by atoms with van der Waals surface area (Å²) in [7, 11) is 0. The molecule has 2 unspecified atom stereocenters. The van der Waals surface area contributed by atoms with Gasteiger partial charge in [-0.05, 0) is 44.4 Å². The highest BCUT2D eigenvalue weighted by molar-refractivity contribution is 14.0. The molecular weight excluding hydrogens is 467 g/mol. The van der Waals surface area contributed by atoms with Gasteiger partial charge in [0.25, 0.3) is 0 Å². The standard InChI is InChI=1S/C21H34N4O2.HI/c1-5-22-21(24-18-14-25(15(2)3)13-16(18)4)23-12-17-7-8-19-20(11-17)27-10-6-9-26-19;/h7-8,11,15-16,18H,5-6,9-10,12-14H2,1-4H3,(H2,22,23,24);1H. The number of hydrogen-bond acceptors (Lipinski definition) is 4. The van der Waals surface area contributed by atoms with Crippen molar-refractivity contribution in [3.63, 3.8) is 0 Å². The van der Waals surface area contributed by atoms with Crippen molar-refractivity contribution in [3.05, 3.63) is 23.8 Å². The minimum atomic E-state index is 0. The van der Waals surface area contributed by atoms with E-state index in [4.69, 9.17) is 14.5 Å². The number of aliphatic imine (C=N–C) groups is 1. The second-order valence-electron chi connectivity index (χ2n) is 7.80. The third kappa shape index (κ3) is 6.14. The molecule has 1 aromatic rings. The van der Waals surface area contributed by atoms with Gasteiger partial charge in [-0.1, -0.05) is 13.0 Å². The largest absolute Gasteiger partial charge is 0.490 e. The molecule has 158 valence electrons. The molecule has 2 aliphatic heterocycles. The second kappa shape index (κ2) is 11.1. The summed E-state index contributed by atoms with van der Waals surface area (Å²) in [5, 5.41) is 7.02. The number of halogens is 1. The van der Waals surface area contributed by atoms with Gasteiger partial charge in [0, 0.05) is 38.1 Å². The first-order valence-corrected chi connectivity index (χ1v) is 10.2. The number of nitrogens with one attached hydrogen (secondary N) is 2. The Morgan fingerprint density at radius 2 is 1.96 bits per heavy atom. The monoisotopic (exact) mass is 502 g/mol. The topological polar surface area (TPSA) is 58.1 Å². The summed E-state index contributed by atoms with van der Waals surface area (Å²) < 4.78 is 11.5. The van der Waals surface area contributed by atoms with Crippen molar-refractivity contribution < 1.29 is 9.47 Å². The van der Waals surface area contributed by atoms with Crippen LogP contribution in [0.3, 0.4) is 0 Å². The van der Waals surface area contributed by atoms with Crippen LogP contribution in [0, 0.1) is 5.92 Å². The van der Waals surface area contributed by atoms with E-state index in [0.29, 0.717) is 37.8 Å². The fourth-order valence-corrected chi connectivity index (χ4v) is 3.59. The zero-order valence-corrected chi connectivity index (χ0v) is 19.9. The lowest BCUT2D eigenvalue weighted by molar-refractivity contribution is 0.265. The van der Waals surface area contributed by atoms with Crippen molar-refractivity contribution in [1.82, 2.24) is 15.5 Å². The molecule has 0 bridgehead atoms. The van der Waals surface area contributed by atoms with E-state index in [1.54, 1.807) is 0 Å². The van der Waals surface area contributed by atoms with Gasteiger partial charge in [-0.2, -0.15) is 0 Å². The smallest absolute Gasteiger partial charge is 0.191 e. The lowest BCUT2D eigenvalue weighted by Gasteiger charge is -2.22. The fraction of sp³-hybridized carbons (Fsp3) is 0.667. The molecule has 2 heterocycles. The highest BCUT2D eigenvalue weighted by atomic mass is 127. The Kier molecular flexibility index (Phi) is 9.14. The lowest BCUT2D eigenvalue weighted by Crippen LogP contribution is -2.46. The number of ether oxygens (including phenoxy) is 2. The van der Waals surface area contributed by atoms with E-state index in [0.717, 1.165) is 49.1 Å². The second-order valence-corrected chi connectivity index (χ2v) is 7.80. The van der Waals surface area contributed by atoms with Gasteiger partial charge in [0.15, 0.2) is 17.5 Å². The zero-order valence-electron chi connectivity index (χ0n) is 17.5. The van der Waals surface area contributed by atoms with Crippen molar-refractivity contribution in [1.29, 1.82) is 0 Å². The summed E-state index contributed by atoms with van der Waals surface area (Å²) >= 11 is 0. The first-order chi connectivity index (χ1) is 13.1. The molecule has 0 radical (unpaired) electrons. The molecule has 6 nitrogen and oxygen atoms in total. The number of guanidine groups is 1. The molecule has 0 spiro atoms. The molecule has 1 fully saturated rings. The third-order valence-electron chi connectivity index (χ3n) is 5.27. The van der Waals surface area contributed by atoms with E-state index in [1.807, 2.05) is 12.1 Å². The molecule has 1 aromatic carbocycles. The van der Waals surface area contributed by atoms with Gasteiger partial charge in [0.1, 0.15) is 0 Å². The van der Waals surface area contributed by atoms with E-state index < -0.39 is 0 Å². The van der Waals surface area contributed by atoms with Crippen LogP contribution in [-0.4, -0.2) is 55.8 Å². The SMILES string of the molecule is CCNC(=NCc1ccc2c(c1)OCCCO2)NC1CN(C(C)C)CC1C.I. The molecule has 2 N–H and O–H groups in total. The molecule has 0 saturated carbocycles. The predicted molar refractivity (Wildman–Crippen MR) is 125 cm³/mol. The number of likely N-dealkylation sites (tertiary alicyclic amines) is 1. The van der Waals surface area contributed by atoms with Gasteiger partial charge in [0.05, 0.1) is 19.8 Å². The van der Waals surface area contributed by atoms with Gasteiger partial charge in [-0.3, -0.25) is 4.90 Å². The van der Waals surface area contributed by atoms with Crippen LogP contribution in [0.4, 0.5) is 0 Å². The maximum Gasteiger partial charge on any atom is 0.191 e. The van der Waals surface area contributed by atoms with Crippen molar-refractivity contribution in [2.45, 2.75) is 52.7 Å². The quantitative estimate of drug-likeness (QED) is 0.368. The van der Waals surface area contributed by atoms with Crippen molar-refractivity contribution in [2.24, 2.45) is 10.9 Å². The summed E-state index contributed by atoms with van der Waals surface area (Å²) in [5.74, 6) is 3.15. The highest BCUT2D eigenvalue weighted by Crippen LogP contribution is 2.30. The maximum absolute atomic E-state index is 5.79. The van der Waals surface area contributed by atoms with E-state index in [1.165, 1.54) is 0 Å². The Balaban J connectivity index is 0.00000280. The molecule has 0 amide bonds. The summed E-state index contributed by atoms with van der Waals surface area (Å²) in [5.41, 5.74) is 1.12. The molecule has 28 heavy (non-hydrogen) atoms. The zero-order chi connectivity index (χ0) is 19.2. The van der Waals surface area contributed by atoms with Gasteiger partial charge < -0.3 is 20.1 Å². The predicted octanol–water partition coefficient (Wildman–Crippen LogP) is 3.25. The van der Waals surface area contributed by atoms with Crippen LogP contribution in [0.2, 0.25) is 0 Å². The Morgan fingerprint density at radius 1 is 1.21 bits per heavy atom. The Labute approximate surface area is 186 Å². The van der Waals surface area contributed by atoms with Crippen molar-refractivity contribution in [2.75, 3.05) is 32.8 Å². The van der Waals surface area contributed by atoms with Gasteiger partial charge in [-0.15, -0.1) is 24.0 Å². The molecule has 1 saturated heterocycles.